The lowest BCUT2D eigenvalue weighted by Crippen LogP contribution is -2.24. The summed E-state index contributed by atoms with van der Waals surface area (Å²) in [7, 11) is 0. The maximum atomic E-state index is 13.5. The molecule has 33 heavy (non-hydrogen) atoms. The minimum atomic E-state index is -0.134. The molecule has 4 rings (SSSR count). The molecule has 168 valence electrons. The van der Waals surface area contributed by atoms with Gasteiger partial charge in [-0.3, -0.25) is 14.2 Å². The number of aromatic nitrogens is 2. The highest BCUT2D eigenvalue weighted by Gasteiger charge is 2.18. The first-order valence-electron chi connectivity index (χ1n) is 10.8. The third-order valence-electron chi connectivity index (χ3n) is 5.68. The van der Waals surface area contributed by atoms with Gasteiger partial charge >= 0.3 is 0 Å². The minimum Gasteiger partial charge on any atom is -0.325 e. The molecule has 1 aromatic heterocycles. The molecule has 1 heterocycles. The monoisotopic (exact) mass is 457 g/mol. The molecular weight excluding hydrogens is 430 g/mol. The van der Waals surface area contributed by atoms with Gasteiger partial charge in [-0.1, -0.05) is 59.8 Å². The molecule has 0 aliphatic rings. The third kappa shape index (κ3) is 4.57. The Hall–Kier alpha value is -3.38. The van der Waals surface area contributed by atoms with Crippen molar-refractivity contribution in [3.63, 3.8) is 0 Å². The average Bonchev–Trinajstić information content (AvgIpc) is 2.76. The molecule has 0 saturated heterocycles. The Morgan fingerprint density at radius 3 is 2.21 bits per heavy atom. The van der Waals surface area contributed by atoms with E-state index in [1.807, 2.05) is 71.0 Å². The van der Waals surface area contributed by atoms with Crippen LogP contribution in [0.3, 0.4) is 0 Å². The van der Waals surface area contributed by atoms with Crippen molar-refractivity contribution in [2.24, 2.45) is 0 Å². The molecule has 5 nitrogen and oxygen atoms in total. The smallest absolute Gasteiger partial charge is 0.266 e. The maximum absolute atomic E-state index is 13.5. The lowest BCUT2D eigenvalue weighted by atomic mass is 10.1. The summed E-state index contributed by atoms with van der Waals surface area (Å²) in [6, 6.07) is 17.4. The number of amides is 1. The van der Waals surface area contributed by atoms with Gasteiger partial charge < -0.3 is 5.32 Å². The van der Waals surface area contributed by atoms with E-state index in [2.05, 4.69) is 17.4 Å². The van der Waals surface area contributed by atoms with Gasteiger partial charge in [0.1, 0.15) is 0 Å². The summed E-state index contributed by atoms with van der Waals surface area (Å²) in [5.41, 5.74) is 7.32. The SMILES string of the molecule is Cc1cc(C)c(NC(=O)CSc2nc3ccccc3c(=O)n2-c2c(C)cccc2C)c(C)c1. The summed E-state index contributed by atoms with van der Waals surface area (Å²) in [4.78, 5) is 31.1. The van der Waals surface area contributed by atoms with Crippen LogP contribution in [-0.4, -0.2) is 21.2 Å². The second-order valence-corrected chi connectivity index (χ2v) is 9.35. The molecule has 1 amide bonds. The number of anilines is 1. The Labute approximate surface area is 197 Å². The number of nitrogens with one attached hydrogen (secondary N) is 1. The number of hydrogen-bond donors (Lipinski definition) is 1. The number of hydrogen-bond acceptors (Lipinski definition) is 4. The van der Waals surface area contributed by atoms with Crippen LogP contribution < -0.4 is 10.9 Å². The highest BCUT2D eigenvalue weighted by molar-refractivity contribution is 7.99. The fourth-order valence-corrected chi connectivity index (χ4v) is 5.05. The molecule has 3 aromatic carbocycles. The Bertz CT molecular complexity index is 1400. The van der Waals surface area contributed by atoms with Gasteiger partial charge in [-0.05, 0) is 69.0 Å². The van der Waals surface area contributed by atoms with Crippen molar-refractivity contribution < 1.29 is 4.79 Å². The molecular formula is C27H27N3O2S. The van der Waals surface area contributed by atoms with Crippen LogP contribution >= 0.6 is 11.8 Å². The standard InChI is InChI=1S/C27H27N3O2S/c1-16-13-19(4)24(20(5)14-16)29-23(31)15-33-27-28-22-12-7-6-11-21(22)26(32)30(27)25-17(2)9-8-10-18(25)3/h6-14H,15H2,1-5H3,(H,29,31). The lowest BCUT2D eigenvalue weighted by Gasteiger charge is -2.17. The van der Waals surface area contributed by atoms with E-state index in [-0.39, 0.29) is 17.2 Å². The highest BCUT2D eigenvalue weighted by atomic mass is 32.2. The number of aryl methyl sites for hydroxylation is 5. The predicted octanol–water partition coefficient (Wildman–Crippen LogP) is 5.66. The van der Waals surface area contributed by atoms with Crippen molar-refractivity contribution in [2.45, 2.75) is 39.8 Å². The molecule has 0 aliphatic carbocycles. The molecule has 0 atom stereocenters. The van der Waals surface area contributed by atoms with E-state index in [0.29, 0.717) is 16.1 Å². The van der Waals surface area contributed by atoms with Crippen molar-refractivity contribution >= 4 is 34.3 Å². The number of para-hydroxylation sites is 2. The van der Waals surface area contributed by atoms with Crippen molar-refractivity contribution in [3.8, 4) is 5.69 Å². The van der Waals surface area contributed by atoms with E-state index in [0.717, 1.165) is 39.2 Å². The summed E-state index contributed by atoms with van der Waals surface area (Å²) < 4.78 is 1.65. The number of carbonyl (C=O) groups excluding carboxylic acids is 1. The van der Waals surface area contributed by atoms with Crippen LogP contribution in [0, 0.1) is 34.6 Å². The Kier molecular flexibility index (Phi) is 6.38. The Balaban J connectivity index is 1.72. The summed E-state index contributed by atoms with van der Waals surface area (Å²) >= 11 is 1.27. The molecule has 4 aromatic rings. The number of thioether (sulfide) groups is 1. The first-order chi connectivity index (χ1) is 15.8. The molecule has 0 radical (unpaired) electrons. The van der Waals surface area contributed by atoms with Gasteiger partial charge in [0, 0.05) is 5.69 Å². The van der Waals surface area contributed by atoms with Crippen LogP contribution in [-0.2, 0) is 4.79 Å². The molecule has 0 spiro atoms. The molecule has 0 aliphatic heterocycles. The second kappa shape index (κ2) is 9.24. The summed E-state index contributed by atoms with van der Waals surface area (Å²) in [5.74, 6) is 0.00755. The number of carbonyl (C=O) groups is 1. The second-order valence-electron chi connectivity index (χ2n) is 8.40. The van der Waals surface area contributed by atoms with Crippen molar-refractivity contribution in [1.29, 1.82) is 0 Å². The van der Waals surface area contributed by atoms with E-state index in [4.69, 9.17) is 4.98 Å². The average molecular weight is 458 g/mol. The van der Waals surface area contributed by atoms with Crippen LogP contribution in [0.5, 0.6) is 0 Å². The minimum absolute atomic E-state index is 0.133. The number of fused-ring (bicyclic) bond motifs is 1. The molecule has 1 N–H and O–H groups in total. The summed E-state index contributed by atoms with van der Waals surface area (Å²) in [5, 5.41) is 4.09. The molecule has 6 heteroatoms. The van der Waals surface area contributed by atoms with Crippen LogP contribution in [0.25, 0.3) is 16.6 Å². The fourth-order valence-electron chi connectivity index (χ4n) is 4.25. The van der Waals surface area contributed by atoms with Crippen molar-refractivity contribution in [1.82, 2.24) is 9.55 Å². The van der Waals surface area contributed by atoms with Crippen molar-refractivity contribution in [3.05, 3.63) is 92.8 Å². The number of nitrogens with zero attached hydrogens (tertiary/aromatic N) is 2. The van der Waals surface area contributed by atoms with Gasteiger partial charge in [-0.2, -0.15) is 0 Å². The molecule has 0 bridgehead atoms. The number of rotatable bonds is 5. The predicted molar refractivity (Wildman–Crippen MR) is 137 cm³/mol. The zero-order chi connectivity index (χ0) is 23.7. The van der Waals surface area contributed by atoms with Gasteiger partial charge in [0.15, 0.2) is 5.16 Å². The first-order valence-corrected chi connectivity index (χ1v) is 11.8. The summed E-state index contributed by atoms with van der Waals surface area (Å²) in [6.07, 6.45) is 0. The normalized spacial score (nSPS) is 11.1. The van der Waals surface area contributed by atoms with Gasteiger partial charge in [0.05, 0.1) is 22.3 Å². The van der Waals surface area contributed by atoms with E-state index in [1.54, 1.807) is 10.6 Å². The lowest BCUT2D eigenvalue weighted by molar-refractivity contribution is -0.113. The van der Waals surface area contributed by atoms with Crippen LogP contribution in [0.4, 0.5) is 5.69 Å². The van der Waals surface area contributed by atoms with Crippen molar-refractivity contribution in [2.75, 3.05) is 11.1 Å². The maximum Gasteiger partial charge on any atom is 0.266 e. The summed E-state index contributed by atoms with van der Waals surface area (Å²) in [6.45, 7) is 9.99. The van der Waals surface area contributed by atoms with Crippen LogP contribution in [0.2, 0.25) is 0 Å². The Morgan fingerprint density at radius 2 is 1.55 bits per heavy atom. The Morgan fingerprint density at radius 1 is 0.909 bits per heavy atom. The zero-order valence-corrected chi connectivity index (χ0v) is 20.3. The topological polar surface area (TPSA) is 64.0 Å². The van der Waals surface area contributed by atoms with Crippen LogP contribution in [0.15, 0.2) is 64.5 Å². The van der Waals surface area contributed by atoms with E-state index >= 15 is 0 Å². The van der Waals surface area contributed by atoms with Crippen LogP contribution in [0.1, 0.15) is 27.8 Å². The van der Waals surface area contributed by atoms with E-state index in [9.17, 15) is 9.59 Å². The quantitative estimate of drug-likeness (QED) is 0.310. The zero-order valence-electron chi connectivity index (χ0n) is 19.5. The van der Waals surface area contributed by atoms with Gasteiger partial charge in [0.2, 0.25) is 5.91 Å². The fraction of sp³-hybridized carbons (Fsp3) is 0.222. The first kappa shape index (κ1) is 22.8. The van der Waals surface area contributed by atoms with E-state index < -0.39 is 0 Å². The highest BCUT2D eigenvalue weighted by Crippen LogP contribution is 2.26. The number of benzene rings is 3. The largest absolute Gasteiger partial charge is 0.325 e. The van der Waals surface area contributed by atoms with E-state index in [1.165, 1.54) is 11.8 Å². The van der Waals surface area contributed by atoms with Gasteiger partial charge in [-0.15, -0.1) is 0 Å². The molecule has 0 unspecified atom stereocenters. The molecule has 0 fully saturated rings. The van der Waals surface area contributed by atoms with Gasteiger partial charge in [-0.25, -0.2) is 4.98 Å². The third-order valence-corrected chi connectivity index (χ3v) is 6.62. The van der Waals surface area contributed by atoms with Gasteiger partial charge in [0.25, 0.3) is 5.56 Å². The molecule has 0 saturated carbocycles.